The van der Waals surface area contributed by atoms with Crippen molar-refractivity contribution >= 4 is 5.97 Å². The van der Waals surface area contributed by atoms with Gasteiger partial charge in [-0.1, -0.05) is 24.3 Å². The highest BCUT2D eigenvalue weighted by Crippen LogP contribution is 2.32. The molecule has 0 aliphatic carbocycles. The Kier molecular flexibility index (Phi) is 7.79. The molecule has 5 nitrogen and oxygen atoms in total. The fraction of sp³-hybridized carbons (Fsp3) is 0.435. The lowest BCUT2D eigenvalue weighted by Gasteiger charge is -2.27. The van der Waals surface area contributed by atoms with E-state index in [1.54, 1.807) is 12.1 Å². The van der Waals surface area contributed by atoms with Gasteiger partial charge in [0, 0.05) is 0 Å². The van der Waals surface area contributed by atoms with Gasteiger partial charge in [-0.15, -0.1) is 13.2 Å². The van der Waals surface area contributed by atoms with E-state index in [9.17, 15) is 18.0 Å². The van der Waals surface area contributed by atoms with Gasteiger partial charge in [0.1, 0.15) is 11.5 Å². The number of carboxylic acid groups (broad SMARTS) is 1. The zero-order valence-corrected chi connectivity index (χ0v) is 17.1. The molecule has 3 rings (SSSR count). The van der Waals surface area contributed by atoms with E-state index in [1.165, 1.54) is 12.1 Å². The first kappa shape index (κ1) is 22.9. The zero-order valence-electron chi connectivity index (χ0n) is 17.1. The molecule has 1 aliphatic rings. The van der Waals surface area contributed by atoms with Crippen molar-refractivity contribution in [2.75, 3.05) is 13.1 Å². The van der Waals surface area contributed by atoms with Crippen LogP contribution in [0.5, 0.6) is 11.5 Å². The molecule has 0 spiro atoms. The van der Waals surface area contributed by atoms with Crippen molar-refractivity contribution in [2.24, 2.45) is 0 Å². The van der Waals surface area contributed by atoms with E-state index in [-0.39, 0.29) is 18.3 Å². The SMILES string of the molecule is O=C(O)Cc1cccc2c1CCC(CCCNCCc1ccc(OC(F)(F)F)cc1)O2. The maximum atomic E-state index is 12.2. The highest BCUT2D eigenvalue weighted by Gasteiger charge is 2.30. The largest absolute Gasteiger partial charge is 0.573 e. The van der Waals surface area contributed by atoms with Crippen LogP contribution in [-0.2, 0) is 24.1 Å². The number of hydrogen-bond acceptors (Lipinski definition) is 4. The Morgan fingerprint density at radius 1 is 1.16 bits per heavy atom. The molecule has 2 aromatic rings. The first-order valence-electron chi connectivity index (χ1n) is 10.3. The summed E-state index contributed by atoms with van der Waals surface area (Å²) in [5.41, 5.74) is 2.76. The van der Waals surface area contributed by atoms with Gasteiger partial charge < -0.3 is 19.9 Å². The molecule has 0 bridgehead atoms. The van der Waals surface area contributed by atoms with E-state index >= 15 is 0 Å². The van der Waals surface area contributed by atoms with Crippen molar-refractivity contribution in [2.45, 2.75) is 51.0 Å². The molecule has 0 radical (unpaired) electrons. The zero-order chi connectivity index (χ0) is 22.3. The number of fused-ring (bicyclic) bond motifs is 1. The second-order valence-corrected chi connectivity index (χ2v) is 7.58. The van der Waals surface area contributed by atoms with Gasteiger partial charge >= 0.3 is 12.3 Å². The summed E-state index contributed by atoms with van der Waals surface area (Å²) in [7, 11) is 0. The van der Waals surface area contributed by atoms with Gasteiger partial charge in [-0.2, -0.15) is 0 Å². The van der Waals surface area contributed by atoms with Crippen LogP contribution in [0.15, 0.2) is 42.5 Å². The molecular weight excluding hydrogens is 411 g/mol. The minimum atomic E-state index is -4.67. The van der Waals surface area contributed by atoms with Gasteiger partial charge in [0.2, 0.25) is 0 Å². The Morgan fingerprint density at radius 2 is 1.94 bits per heavy atom. The quantitative estimate of drug-likeness (QED) is 0.535. The standard InChI is InChI=1S/C23H26F3NO4/c24-23(25,26)31-19-8-6-16(7-9-19)12-14-27-13-2-4-18-10-11-20-17(15-22(28)29)3-1-5-21(20)30-18/h1,3,5-9,18,27H,2,4,10-15H2,(H,28,29). The molecule has 168 valence electrons. The Bertz CT molecular complexity index is 868. The minimum absolute atomic E-state index is 0.0131. The van der Waals surface area contributed by atoms with Crippen LogP contribution >= 0.6 is 0 Å². The van der Waals surface area contributed by atoms with E-state index in [0.29, 0.717) is 6.42 Å². The first-order valence-corrected chi connectivity index (χ1v) is 10.3. The third kappa shape index (κ3) is 7.47. The number of hydrogen-bond donors (Lipinski definition) is 2. The summed E-state index contributed by atoms with van der Waals surface area (Å²) in [4.78, 5) is 11.0. The monoisotopic (exact) mass is 437 g/mol. The number of nitrogens with one attached hydrogen (secondary N) is 1. The van der Waals surface area contributed by atoms with Gasteiger partial charge in [0.25, 0.3) is 0 Å². The lowest BCUT2D eigenvalue weighted by molar-refractivity contribution is -0.274. The van der Waals surface area contributed by atoms with Crippen molar-refractivity contribution in [3.8, 4) is 11.5 Å². The van der Waals surface area contributed by atoms with Crippen molar-refractivity contribution in [1.29, 1.82) is 0 Å². The summed E-state index contributed by atoms with van der Waals surface area (Å²) >= 11 is 0. The van der Waals surface area contributed by atoms with Crippen LogP contribution in [0.2, 0.25) is 0 Å². The summed E-state index contributed by atoms with van der Waals surface area (Å²) in [6.45, 7) is 1.55. The normalized spacial score (nSPS) is 15.8. The molecule has 0 saturated carbocycles. The highest BCUT2D eigenvalue weighted by atomic mass is 19.4. The van der Waals surface area contributed by atoms with Crippen LogP contribution in [0.4, 0.5) is 13.2 Å². The van der Waals surface area contributed by atoms with Gasteiger partial charge in [-0.25, -0.2) is 0 Å². The van der Waals surface area contributed by atoms with Crippen molar-refractivity contribution in [3.63, 3.8) is 0 Å². The van der Waals surface area contributed by atoms with Gasteiger partial charge in [-0.3, -0.25) is 4.79 Å². The third-order valence-corrected chi connectivity index (χ3v) is 5.21. The van der Waals surface area contributed by atoms with E-state index < -0.39 is 12.3 Å². The number of rotatable bonds is 10. The number of benzene rings is 2. The number of carbonyl (C=O) groups is 1. The maximum Gasteiger partial charge on any atom is 0.573 e. The summed E-state index contributed by atoms with van der Waals surface area (Å²) in [6, 6.07) is 11.5. The van der Waals surface area contributed by atoms with Gasteiger partial charge in [0.15, 0.2) is 0 Å². The minimum Gasteiger partial charge on any atom is -0.490 e. The molecule has 2 aromatic carbocycles. The third-order valence-electron chi connectivity index (χ3n) is 5.21. The molecule has 31 heavy (non-hydrogen) atoms. The lowest BCUT2D eigenvalue weighted by Crippen LogP contribution is -2.26. The molecule has 0 saturated heterocycles. The number of carboxylic acids is 1. The van der Waals surface area contributed by atoms with E-state index in [4.69, 9.17) is 9.84 Å². The number of aliphatic carboxylic acids is 1. The molecule has 0 aromatic heterocycles. The second-order valence-electron chi connectivity index (χ2n) is 7.58. The predicted octanol–water partition coefficient (Wildman–Crippen LogP) is 4.52. The summed E-state index contributed by atoms with van der Waals surface area (Å²) in [5.74, 6) is -0.263. The molecule has 0 fully saturated rings. The Hall–Kier alpha value is -2.74. The summed E-state index contributed by atoms with van der Waals surface area (Å²) in [6.07, 6.45) is -0.290. The lowest BCUT2D eigenvalue weighted by atomic mass is 9.94. The van der Waals surface area contributed by atoms with E-state index in [1.807, 2.05) is 18.2 Å². The Morgan fingerprint density at radius 3 is 2.65 bits per heavy atom. The molecule has 1 heterocycles. The van der Waals surface area contributed by atoms with Crippen LogP contribution < -0.4 is 14.8 Å². The van der Waals surface area contributed by atoms with Crippen LogP contribution in [0.3, 0.4) is 0 Å². The van der Waals surface area contributed by atoms with Crippen molar-refractivity contribution in [3.05, 3.63) is 59.2 Å². The second kappa shape index (κ2) is 10.5. The molecule has 2 N–H and O–H groups in total. The van der Waals surface area contributed by atoms with E-state index in [0.717, 1.165) is 61.2 Å². The number of halogens is 3. The Balaban J connectivity index is 1.33. The molecule has 1 aliphatic heterocycles. The molecular formula is C23H26F3NO4. The number of ether oxygens (including phenoxy) is 2. The van der Waals surface area contributed by atoms with Crippen LogP contribution in [-0.4, -0.2) is 36.6 Å². The first-order chi connectivity index (χ1) is 14.8. The molecule has 8 heteroatoms. The topological polar surface area (TPSA) is 67.8 Å². The van der Waals surface area contributed by atoms with Crippen molar-refractivity contribution in [1.82, 2.24) is 5.32 Å². The van der Waals surface area contributed by atoms with Crippen LogP contribution in [0.1, 0.15) is 36.0 Å². The molecule has 1 unspecified atom stereocenters. The van der Waals surface area contributed by atoms with E-state index in [2.05, 4.69) is 10.1 Å². The molecule has 0 amide bonds. The van der Waals surface area contributed by atoms with Crippen LogP contribution in [0.25, 0.3) is 0 Å². The highest BCUT2D eigenvalue weighted by molar-refractivity contribution is 5.71. The Labute approximate surface area is 179 Å². The fourth-order valence-electron chi connectivity index (χ4n) is 3.75. The summed E-state index contributed by atoms with van der Waals surface area (Å²) < 4.78 is 46.4. The number of alkyl halides is 3. The smallest absolute Gasteiger partial charge is 0.490 e. The average molecular weight is 437 g/mol. The van der Waals surface area contributed by atoms with Gasteiger partial charge in [0.05, 0.1) is 12.5 Å². The van der Waals surface area contributed by atoms with Crippen LogP contribution in [0, 0.1) is 0 Å². The fourth-order valence-corrected chi connectivity index (χ4v) is 3.75. The summed E-state index contributed by atoms with van der Waals surface area (Å²) in [5, 5.41) is 12.4. The predicted molar refractivity (Wildman–Crippen MR) is 109 cm³/mol. The van der Waals surface area contributed by atoms with Crippen molar-refractivity contribution < 1.29 is 32.5 Å². The average Bonchev–Trinajstić information content (AvgIpc) is 2.70. The van der Waals surface area contributed by atoms with Gasteiger partial charge in [-0.05, 0) is 80.1 Å². The maximum absolute atomic E-state index is 12.2. The molecule has 1 atom stereocenters.